The van der Waals surface area contributed by atoms with Gasteiger partial charge in [0.15, 0.2) is 11.6 Å². The van der Waals surface area contributed by atoms with Crippen molar-refractivity contribution >= 4 is 60.2 Å². The minimum absolute atomic E-state index is 0.585. The number of hydrogen-bond acceptors (Lipinski definition) is 4. The summed E-state index contributed by atoms with van der Waals surface area (Å²) in [6, 6.07) is 43.2. The van der Waals surface area contributed by atoms with E-state index in [2.05, 4.69) is 158 Å². The van der Waals surface area contributed by atoms with Crippen LogP contribution in [-0.4, -0.2) is 28.9 Å². The fourth-order valence-electron chi connectivity index (χ4n) is 7.91. The van der Waals surface area contributed by atoms with Gasteiger partial charge >= 0.3 is 0 Å². The van der Waals surface area contributed by atoms with Crippen molar-refractivity contribution in [3.8, 4) is 28.7 Å². The molecule has 0 aliphatic carbocycles. The lowest BCUT2D eigenvalue weighted by Gasteiger charge is -2.13. The Labute approximate surface area is 288 Å². The normalized spacial score (nSPS) is 12.0. The molecule has 4 aromatic heterocycles. The van der Waals surface area contributed by atoms with Crippen molar-refractivity contribution in [3.63, 3.8) is 0 Å². The highest BCUT2D eigenvalue weighted by Crippen LogP contribution is 2.39. The summed E-state index contributed by atoms with van der Waals surface area (Å²) in [7, 11) is 0. The van der Waals surface area contributed by atoms with Crippen LogP contribution in [0.1, 0.15) is 22.3 Å². The zero-order chi connectivity index (χ0) is 33.7. The second kappa shape index (κ2) is 10.5. The molecule has 10 aromatic rings. The molecule has 238 valence electrons. The molecule has 6 aromatic carbocycles. The number of aromatic nitrogens is 6. The van der Waals surface area contributed by atoms with E-state index in [1.54, 1.807) is 0 Å². The number of rotatable bonds is 3. The van der Waals surface area contributed by atoms with Gasteiger partial charge in [-0.2, -0.15) is 9.97 Å². The van der Waals surface area contributed by atoms with E-state index in [9.17, 15) is 0 Å². The molecule has 6 heteroatoms. The molecule has 0 atom stereocenters. The standard InChI is InChI=1S/C44H32N6/c1-25-17-26(2)20-29(19-25)41-46-42(30-21-27(3)18-28(4)22-30)48-44(47-41)50-37-15-9-7-12-32(37)35-23-34-31-11-5-6-13-33(31)43-45-36-14-8-10-16-38(36)49(43)39(34)24-40(35)50/h5-24H,1-4H3. The Hall–Kier alpha value is -6.40. The first-order valence-corrected chi connectivity index (χ1v) is 17.0. The third kappa shape index (κ3) is 4.28. The summed E-state index contributed by atoms with van der Waals surface area (Å²) in [6.45, 7) is 8.47. The fraction of sp³-hybridized carbons (Fsp3) is 0.0909. The molecule has 4 heterocycles. The molecule has 0 aliphatic rings. The maximum Gasteiger partial charge on any atom is 0.238 e. The van der Waals surface area contributed by atoms with Crippen molar-refractivity contribution in [1.29, 1.82) is 0 Å². The van der Waals surface area contributed by atoms with Crippen molar-refractivity contribution in [3.05, 3.63) is 144 Å². The molecule has 0 aliphatic heterocycles. The highest BCUT2D eigenvalue weighted by atomic mass is 15.2. The minimum atomic E-state index is 0.585. The first-order valence-electron chi connectivity index (χ1n) is 17.0. The summed E-state index contributed by atoms with van der Waals surface area (Å²) in [5, 5.41) is 5.77. The maximum absolute atomic E-state index is 5.25. The number of pyridine rings is 1. The van der Waals surface area contributed by atoms with E-state index in [0.717, 1.165) is 60.5 Å². The molecule has 0 unspecified atom stereocenters. The predicted molar refractivity (Wildman–Crippen MR) is 205 cm³/mol. The highest BCUT2D eigenvalue weighted by molar-refractivity contribution is 6.20. The molecule has 0 amide bonds. The monoisotopic (exact) mass is 644 g/mol. The van der Waals surface area contributed by atoms with Crippen molar-refractivity contribution < 1.29 is 0 Å². The van der Waals surface area contributed by atoms with Crippen LogP contribution in [0.5, 0.6) is 0 Å². The van der Waals surface area contributed by atoms with Gasteiger partial charge in [-0.1, -0.05) is 89.0 Å². The maximum atomic E-state index is 5.25. The summed E-state index contributed by atoms with van der Waals surface area (Å²) in [4.78, 5) is 20.8. The van der Waals surface area contributed by atoms with Gasteiger partial charge in [0.1, 0.15) is 5.65 Å². The molecule has 50 heavy (non-hydrogen) atoms. The first kappa shape index (κ1) is 28.6. The Balaban J connectivity index is 1.36. The zero-order valence-electron chi connectivity index (χ0n) is 28.2. The van der Waals surface area contributed by atoms with E-state index < -0.39 is 0 Å². The van der Waals surface area contributed by atoms with Crippen LogP contribution in [-0.2, 0) is 0 Å². The fourth-order valence-corrected chi connectivity index (χ4v) is 7.91. The van der Waals surface area contributed by atoms with Crippen LogP contribution in [0.4, 0.5) is 0 Å². The number of hydrogen-bond donors (Lipinski definition) is 0. The smallest absolute Gasteiger partial charge is 0.238 e. The minimum Gasteiger partial charge on any atom is -0.292 e. The second-order valence-corrected chi connectivity index (χ2v) is 13.6. The van der Waals surface area contributed by atoms with E-state index in [-0.39, 0.29) is 0 Å². The van der Waals surface area contributed by atoms with E-state index in [0.29, 0.717) is 17.6 Å². The molecule has 6 nitrogen and oxygen atoms in total. The average Bonchev–Trinajstić information content (AvgIpc) is 3.66. The molecule has 0 spiro atoms. The molecule has 10 rings (SSSR count). The van der Waals surface area contributed by atoms with Gasteiger partial charge in [0.05, 0.1) is 27.6 Å². The van der Waals surface area contributed by atoms with Crippen LogP contribution in [0.2, 0.25) is 0 Å². The molecule has 0 fully saturated rings. The highest BCUT2D eigenvalue weighted by Gasteiger charge is 2.21. The summed E-state index contributed by atoms with van der Waals surface area (Å²) in [5.74, 6) is 1.88. The van der Waals surface area contributed by atoms with Gasteiger partial charge in [-0.05, 0) is 87.7 Å². The van der Waals surface area contributed by atoms with Crippen molar-refractivity contribution in [2.75, 3.05) is 0 Å². The van der Waals surface area contributed by atoms with Gasteiger partial charge in [0.25, 0.3) is 0 Å². The van der Waals surface area contributed by atoms with E-state index in [1.807, 2.05) is 0 Å². The summed E-state index contributed by atoms with van der Waals surface area (Å²) in [6.07, 6.45) is 0. The largest absolute Gasteiger partial charge is 0.292 e. The number of benzene rings is 6. The van der Waals surface area contributed by atoms with Gasteiger partial charge in [-0.25, -0.2) is 9.97 Å². The Morgan fingerprint density at radius 3 is 1.60 bits per heavy atom. The molecule has 0 saturated carbocycles. The van der Waals surface area contributed by atoms with Gasteiger partial charge in [-0.15, -0.1) is 0 Å². The SMILES string of the molecule is Cc1cc(C)cc(-c2nc(-c3cc(C)cc(C)c3)nc(-n3c4ccccc4c4cc5c6ccccc6c6nc7ccccc7n6c5cc43)n2)c1. The summed E-state index contributed by atoms with van der Waals surface area (Å²) in [5.41, 5.74) is 12.8. The summed E-state index contributed by atoms with van der Waals surface area (Å²) < 4.78 is 4.52. The third-order valence-electron chi connectivity index (χ3n) is 9.83. The first-order chi connectivity index (χ1) is 24.4. The number of fused-ring (bicyclic) bond motifs is 11. The number of nitrogens with zero attached hydrogens (tertiary/aromatic N) is 6. The Bertz CT molecular complexity index is 2930. The van der Waals surface area contributed by atoms with Crippen molar-refractivity contribution in [2.45, 2.75) is 27.7 Å². The van der Waals surface area contributed by atoms with Crippen LogP contribution in [0.3, 0.4) is 0 Å². The van der Waals surface area contributed by atoms with Crippen LogP contribution < -0.4 is 0 Å². The Morgan fingerprint density at radius 2 is 0.940 bits per heavy atom. The van der Waals surface area contributed by atoms with Crippen LogP contribution in [0, 0.1) is 27.7 Å². The van der Waals surface area contributed by atoms with E-state index >= 15 is 0 Å². The summed E-state index contributed by atoms with van der Waals surface area (Å²) >= 11 is 0. The average molecular weight is 645 g/mol. The lowest BCUT2D eigenvalue weighted by molar-refractivity contribution is 0.952. The van der Waals surface area contributed by atoms with Crippen LogP contribution in [0.15, 0.2) is 121 Å². The van der Waals surface area contributed by atoms with Gasteiger partial charge < -0.3 is 0 Å². The predicted octanol–water partition coefficient (Wildman–Crippen LogP) is 10.6. The zero-order valence-corrected chi connectivity index (χ0v) is 28.2. The quantitative estimate of drug-likeness (QED) is 0.180. The molecular formula is C44H32N6. The van der Waals surface area contributed by atoms with Gasteiger partial charge in [0, 0.05) is 32.7 Å². The van der Waals surface area contributed by atoms with E-state index in [1.165, 1.54) is 33.0 Å². The molecular weight excluding hydrogens is 613 g/mol. The van der Waals surface area contributed by atoms with E-state index in [4.69, 9.17) is 19.9 Å². The molecule has 0 saturated heterocycles. The van der Waals surface area contributed by atoms with Gasteiger partial charge in [0.2, 0.25) is 5.95 Å². The topological polar surface area (TPSA) is 60.9 Å². The number of imidazole rings is 1. The lowest BCUT2D eigenvalue weighted by Crippen LogP contribution is -2.07. The molecule has 0 radical (unpaired) electrons. The number of para-hydroxylation sites is 3. The Morgan fingerprint density at radius 1 is 0.400 bits per heavy atom. The van der Waals surface area contributed by atoms with Crippen molar-refractivity contribution in [1.82, 2.24) is 28.9 Å². The Kier molecular flexibility index (Phi) is 6.03. The van der Waals surface area contributed by atoms with Gasteiger partial charge in [-0.3, -0.25) is 8.97 Å². The lowest BCUT2D eigenvalue weighted by atomic mass is 10.0. The van der Waals surface area contributed by atoms with Crippen LogP contribution >= 0.6 is 0 Å². The molecule has 0 N–H and O–H groups in total. The molecule has 0 bridgehead atoms. The second-order valence-electron chi connectivity index (χ2n) is 13.6. The number of aryl methyl sites for hydroxylation is 4. The van der Waals surface area contributed by atoms with Crippen LogP contribution in [0.25, 0.3) is 88.9 Å². The van der Waals surface area contributed by atoms with Crippen molar-refractivity contribution in [2.24, 2.45) is 0 Å². The third-order valence-corrected chi connectivity index (χ3v) is 9.83.